The molecule has 0 aromatic heterocycles. The molecule has 0 radical (unpaired) electrons. The van der Waals surface area contributed by atoms with Crippen molar-refractivity contribution in [3.05, 3.63) is 30.1 Å². The maximum absolute atomic E-state index is 12.7. The van der Waals surface area contributed by atoms with Crippen LogP contribution in [0.2, 0.25) is 0 Å². The number of benzene rings is 1. The largest absolute Gasteiger partial charge is 0.328 e. The van der Waals surface area contributed by atoms with Gasteiger partial charge in [0.1, 0.15) is 5.82 Å². The van der Waals surface area contributed by atoms with Crippen molar-refractivity contribution < 1.29 is 9.18 Å². The number of halogens is 3. The fourth-order valence-corrected chi connectivity index (χ4v) is 2.05. The van der Waals surface area contributed by atoms with E-state index in [9.17, 15) is 9.18 Å². The lowest BCUT2D eigenvalue weighted by Gasteiger charge is -2.29. The zero-order valence-corrected chi connectivity index (χ0v) is 12.7. The fraction of sp³-hybridized carbons (Fsp3) is 0.462. The molecular weight excluding hydrogens is 304 g/mol. The maximum Gasteiger partial charge on any atom is 0.238 e. The zero-order chi connectivity index (χ0) is 13.0. The molecule has 3 N–H and O–H groups in total. The predicted octanol–water partition coefficient (Wildman–Crippen LogP) is 2.03. The van der Waals surface area contributed by atoms with Gasteiger partial charge in [0.15, 0.2) is 0 Å². The smallest absolute Gasteiger partial charge is 0.238 e. The number of nitrogens with zero attached hydrogens (tertiary/aromatic N) is 1. The van der Waals surface area contributed by atoms with E-state index >= 15 is 0 Å². The number of anilines is 1. The van der Waals surface area contributed by atoms with Crippen LogP contribution in [0, 0.1) is 5.82 Å². The van der Waals surface area contributed by atoms with E-state index in [-0.39, 0.29) is 42.6 Å². The number of piperidine rings is 1. The van der Waals surface area contributed by atoms with Gasteiger partial charge in [-0.05, 0) is 37.1 Å². The van der Waals surface area contributed by atoms with Gasteiger partial charge >= 0.3 is 0 Å². The predicted molar refractivity (Wildman–Crippen MR) is 83.2 cm³/mol. The molecule has 1 aliphatic rings. The molecule has 1 aromatic rings. The van der Waals surface area contributed by atoms with Crippen molar-refractivity contribution in [1.82, 2.24) is 4.90 Å². The van der Waals surface area contributed by atoms with Crippen LogP contribution in [-0.4, -0.2) is 36.5 Å². The van der Waals surface area contributed by atoms with Crippen LogP contribution in [0.5, 0.6) is 0 Å². The number of carbonyl (C=O) groups is 1. The molecule has 2 rings (SSSR count). The molecule has 1 heterocycles. The summed E-state index contributed by atoms with van der Waals surface area (Å²) in [7, 11) is 0. The molecule has 1 fully saturated rings. The average Bonchev–Trinajstić information content (AvgIpc) is 2.35. The maximum atomic E-state index is 12.7. The SMILES string of the molecule is Cl.Cl.NC1CCN(CC(=O)Nc2ccc(F)cc2)CC1. The van der Waals surface area contributed by atoms with E-state index in [0.717, 1.165) is 25.9 Å². The van der Waals surface area contributed by atoms with Gasteiger partial charge in [0.2, 0.25) is 5.91 Å². The molecule has 0 bridgehead atoms. The van der Waals surface area contributed by atoms with Gasteiger partial charge in [0.05, 0.1) is 6.54 Å². The van der Waals surface area contributed by atoms with Crippen LogP contribution in [0.3, 0.4) is 0 Å². The van der Waals surface area contributed by atoms with Gasteiger partial charge in [-0.15, -0.1) is 24.8 Å². The number of nitrogens with two attached hydrogens (primary N) is 1. The summed E-state index contributed by atoms with van der Waals surface area (Å²) in [5.41, 5.74) is 6.42. The Bertz CT molecular complexity index is 409. The van der Waals surface area contributed by atoms with Gasteiger partial charge < -0.3 is 11.1 Å². The van der Waals surface area contributed by atoms with E-state index in [2.05, 4.69) is 10.2 Å². The monoisotopic (exact) mass is 323 g/mol. The van der Waals surface area contributed by atoms with Gasteiger partial charge in [-0.2, -0.15) is 0 Å². The lowest BCUT2D eigenvalue weighted by atomic mass is 10.1. The quantitative estimate of drug-likeness (QED) is 0.894. The summed E-state index contributed by atoms with van der Waals surface area (Å²) >= 11 is 0. The van der Waals surface area contributed by atoms with Gasteiger partial charge in [-0.3, -0.25) is 9.69 Å². The van der Waals surface area contributed by atoms with Gasteiger partial charge in [0.25, 0.3) is 0 Å². The molecule has 1 aromatic carbocycles. The normalized spacial score (nSPS) is 15.9. The summed E-state index contributed by atoms with van der Waals surface area (Å²) in [5, 5.41) is 2.75. The Kier molecular flexibility index (Phi) is 8.73. The summed E-state index contributed by atoms with van der Waals surface area (Å²) in [6.45, 7) is 2.08. The summed E-state index contributed by atoms with van der Waals surface area (Å²) in [6, 6.07) is 6.03. The lowest BCUT2D eigenvalue weighted by molar-refractivity contribution is -0.117. The van der Waals surface area contributed by atoms with Crippen molar-refractivity contribution in [2.45, 2.75) is 18.9 Å². The van der Waals surface area contributed by atoms with Gasteiger partial charge in [0, 0.05) is 24.8 Å². The molecule has 1 amide bonds. The van der Waals surface area contributed by atoms with Crippen molar-refractivity contribution in [1.29, 1.82) is 0 Å². The molecule has 1 saturated heterocycles. The topological polar surface area (TPSA) is 58.4 Å². The summed E-state index contributed by atoms with van der Waals surface area (Å²) in [4.78, 5) is 13.9. The number of hydrogen-bond donors (Lipinski definition) is 2. The van der Waals surface area contributed by atoms with Gasteiger partial charge in [-0.25, -0.2) is 4.39 Å². The molecule has 20 heavy (non-hydrogen) atoms. The van der Waals surface area contributed by atoms with E-state index in [1.54, 1.807) is 12.1 Å². The highest BCUT2D eigenvalue weighted by Gasteiger charge is 2.18. The summed E-state index contributed by atoms with van der Waals surface area (Å²) < 4.78 is 12.7. The second-order valence-corrected chi connectivity index (χ2v) is 4.67. The highest BCUT2D eigenvalue weighted by atomic mass is 35.5. The Balaban J connectivity index is 0.00000180. The molecule has 0 saturated carbocycles. The first kappa shape index (κ1) is 19.1. The fourth-order valence-electron chi connectivity index (χ4n) is 2.05. The van der Waals surface area contributed by atoms with Crippen molar-refractivity contribution in [3.8, 4) is 0 Å². The third-order valence-electron chi connectivity index (χ3n) is 3.13. The van der Waals surface area contributed by atoms with Crippen molar-refractivity contribution in [2.75, 3.05) is 25.0 Å². The minimum atomic E-state index is -0.307. The molecular formula is C13H20Cl2FN3O. The average molecular weight is 324 g/mol. The number of carbonyl (C=O) groups excluding carboxylic acids is 1. The Labute approximate surface area is 130 Å². The molecule has 0 atom stereocenters. The van der Waals surface area contributed by atoms with E-state index in [1.807, 2.05) is 0 Å². The van der Waals surface area contributed by atoms with Crippen LogP contribution in [-0.2, 0) is 4.79 Å². The Morgan fingerprint density at radius 1 is 1.25 bits per heavy atom. The molecule has 1 aliphatic heterocycles. The van der Waals surface area contributed by atoms with E-state index in [0.29, 0.717) is 12.2 Å². The highest BCUT2D eigenvalue weighted by molar-refractivity contribution is 5.92. The van der Waals surface area contributed by atoms with E-state index < -0.39 is 0 Å². The summed E-state index contributed by atoms with van der Waals surface area (Å²) in [6.07, 6.45) is 1.87. The second-order valence-electron chi connectivity index (χ2n) is 4.67. The van der Waals surface area contributed by atoms with Crippen LogP contribution in [0.15, 0.2) is 24.3 Å². The van der Waals surface area contributed by atoms with Crippen LogP contribution in [0.25, 0.3) is 0 Å². The van der Waals surface area contributed by atoms with Crippen molar-refractivity contribution in [3.63, 3.8) is 0 Å². The molecule has 0 aliphatic carbocycles. The second kappa shape index (κ2) is 9.13. The first-order valence-corrected chi connectivity index (χ1v) is 6.17. The van der Waals surface area contributed by atoms with Crippen LogP contribution in [0.4, 0.5) is 10.1 Å². The molecule has 0 unspecified atom stereocenters. The Morgan fingerprint density at radius 2 is 1.80 bits per heavy atom. The molecule has 4 nitrogen and oxygen atoms in total. The minimum absolute atomic E-state index is 0. The van der Waals surface area contributed by atoms with Crippen molar-refractivity contribution in [2.24, 2.45) is 5.73 Å². The van der Waals surface area contributed by atoms with E-state index in [1.165, 1.54) is 12.1 Å². The van der Waals surface area contributed by atoms with E-state index in [4.69, 9.17) is 5.73 Å². The van der Waals surface area contributed by atoms with Crippen LogP contribution in [0.1, 0.15) is 12.8 Å². The molecule has 114 valence electrons. The van der Waals surface area contributed by atoms with Crippen molar-refractivity contribution >= 4 is 36.4 Å². The number of likely N-dealkylation sites (tertiary alicyclic amines) is 1. The number of amides is 1. The standard InChI is InChI=1S/C13H18FN3O.2ClH/c14-10-1-3-12(4-2-10)16-13(18)9-17-7-5-11(15)6-8-17;;/h1-4,11H,5-9,15H2,(H,16,18);2*1H. The minimum Gasteiger partial charge on any atom is -0.328 e. The number of nitrogens with one attached hydrogen (secondary N) is 1. The molecule has 7 heteroatoms. The number of hydrogen-bond acceptors (Lipinski definition) is 3. The van der Waals surface area contributed by atoms with Crippen LogP contribution >= 0.6 is 24.8 Å². The van der Waals surface area contributed by atoms with Crippen LogP contribution < -0.4 is 11.1 Å². The Morgan fingerprint density at radius 3 is 2.35 bits per heavy atom. The first-order valence-electron chi connectivity index (χ1n) is 6.17. The highest BCUT2D eigenvalue weighted by Crippen LogP contribution is 2.10. The third-order valence-corrected chi connectivity index (χ3v) is 3.13. The zero-order valence-electron chi connectivity index (χ0n) is 11.0. The lowest BCUT2D eigenvalue weighted by Crippen LogP contribution is -2.43. The third kappa shape index (κ3) is 6.05. The molecule has 0 spiro atoms. The number of rotatable bonds is 3. The first-order chi connectivity index (χ1) is 8.63. The Hall–Kier alpha value is -0.880. The van der Waals surface area contributed by atoms with Gasteiger partial charge in [-0.1, -0.05) is 0 Å². The summed E-state index contributed by atoms with van der Waals surface area (Å²) in [5.74, 6) is -0.380.